The molecule has 7 nitrogen and oxygen atoms in total. The fraction of sp³-hybridized carbons (Fsp3) is 0.421. The smallest absolute Gasteiger partial charge is 0.323 e. The van der Waals surface area contributed by atoms with Gasteiger partial charge in [-0.15, -0.1) is 0 Å². The van der Waals surface area contributed by atoms with Gasteiger partial charge in [0.05, 0.1) is 24.5 Å². The quantitative estimate of drug-likeness (QED) is 0.826. The van der Waals surface area contributed by atoms with Crippen molar-refractivity contribution in [1.29, 1.82) is 0 Å². The summed E-state index contributed by atoms with van der Waals surface area (Å²) in [4.78, 5) is 34.9. The van der Waals surface area contributed by atoms with Gasteiger partial charge in [-0.2, -0.15) is 0 Å². The first kappa shape index (κ1) is 18.1. The lowest BCUT2D eigenvalue weighted by atomic mass is 10.1. The Morgan fingerprint density at radius 3 is 2.85 bits per heavy atom. The molecule has 1 aliphatic rings. The lowest BCUT2D eigenvalue weighted by Gasteiger charge is -2.28. The number of aliphatic carboxylic acids is 1. The third-order valence-electron chi connectivity index (χ3n) is 4.72. The Bertz CT molecular complexity index is 759. The minimum absolute atomic E-state index is 0.109. The number of nitrogens with zero attached hydrogens (tertiary/aromatic N) is 3. The van der Waals surface area contributed by atoms with Gasteiger partial charge in [-0.1, -0.05) is 30.3 Å². The van der Waals surface area contributed by atoms with E-state index in [2.05, 4.69) is 9.97 Å². The van der Waals surface area contributed by atoms with E-state index in [4.69, 9.17) is 5.11 Å². The summed E-state index contributed by atoms with van der Waals surface area (Å²) >= 11 is 0. The molecule has 1 amide bonds. The van der Waals surface area contributed by atoms with Crippen LogP contribution in [0.3, 0.4) is 0 Å². The number of likely N-dealkylation sites (tertiary alicyclic amines) is 1. The SMILES string of the molecule is CN(Cc1ncc(-c2ccccc2)[nH]1)C1CCCCN(CC(=O)O)C1=O. The number of carbonyl (C=O) groups is 2. The zero-order valence-electron chi connectivity index (χ0n) is 14.9. The molecule has 3 rings (SSSR count). The number of carbonyl (C=O) groups excluding carboxylic acids is 1. The third kappa shape index (κ3) is 4.29. The molecule has 2 N–H and O–H groups in total. The first-order chi connectivity index (χ1) is 12.5. The van der Waals surface area contributed by atoms with Gasteiger partial charge < -0.3 is 15.0 Å². The van der Waals surface area contributed by atoms with Crippen LogP contribution in [-0.2, 0) is 16.1 Å². The highest BCUT2D eigenvalue weighted by Crippen LogP contribution is 2.20. The molecule has 138 valence electrons. The van der Waals surface area contributed by atoms with Crippen molar-refractivity contribution in [2.45, 2.75) is 31.8 Å². The van der Waals surface area contributed by atoms with Gasteiger partial charge in [-0.25, -0.2) is 4.98 Å². The van der Waals surface area contributed by atoms with Crippen LogP contribution in [-0.4, -0.2) is 62.9 Å². The zero-order chi connectivity index (χ0) is 18.5. The number of hydrogen-bond acceptors (Lipinski definition) is 4. The van der Waals surface area contributed by atoms with Crippen LogP contribution >= 0.6 is 0 Å². The van der Waals surface area contributed by atoms with Crippen LogP contribution in [0.1, 0.15) is 25.1 Å². The molecule has 0 aliphatic carbocycles. The molecule has 1 aromatic carbocycles. The molecule has 1 aromatic heterocycles. The average molecular weight is 356 g/mol. The van der Waals surface area contributed by atoms with Gasteiger partial charge in [0, 0.05) is 6.54 Å². The number of benzene rings is 1. The Labute approximate surface area is 152 Å². The molecule has 0 saturated carbocycles. The Kier molecular flexibility index (Phi) is 5.68. The monoisotopic (exact) mass is 356 g/mol. The summed E-state index contributed by atoms with van der Waals surface area (Å²) in [5.74, 6) is -0.296. The van der Waals surface area contributed by atoms with Crippen LogP contribution in [0.5, 0.6) is 0 Å². The molecule has 26 heavy (non-hydrogen) atoms. The van der Waals surface area contributed by atoms with E-state index in [0.717, 1.165) is 36.3 Å². The highest BCUT2D eigenvalue weighted by atomic mass is 16.4. The van der Waals surface area contributed by atoms with Crippen LogP contribution in [0.25, 0.3) is 11.3 Å². The predicted octanol–water partition coefficient (Wildman–Crippen LogP) is 1.97. The average Bonchev–Trinajstić information content (AvgIpc) is 3.01. The standard InChI is InChI=1S/C19H24N4O3/c1-22(16-9-5-6-10-23(19(16)26)13-18(24)25)12-17-20-11-15(21-17)14-7-3-2-4-8-14/h2-4,7-8,11,16H,5-6,9-10,12-13H2,1H3,(H,20,21)(H,24,25). The number of amides is 1. The number of nitrogens with one attached hydrogen (secondary N) is 1. The summed E-state index contributed by atoms with van der Waals surface area (Å²) in [6.07, 6.45) is 4.27. The molecule has 0 radical (unpaired) electrons. The van der Waals surface area contributed by atoms with Crippen LogP contribution < -0.4 is 0 Å². The summed E-state index contributed by atoms with van der Waals surface area (Å²) in [5.41, 5.74) is 2.00. The topological polar surface area (TPSA) is 89.5 Å². The molecule has 2 aromatic rings. The maximum absolute atomic E-state index is 12.7. The normalized spacial score (nSPS) is 18.2. The molecule has 0 bridgehead atoms. The number of hydrogen-bond donors (Lipinski definition) is 2. The minimum Gasteiger partial charge on any atom is -0.480 e. The second kappa shape index (κ2) is 8.14. The number of likely N-dealkylation sites (N-methyl/N-ethyl adjacent to an activating group) is 1. The van der Waals surface area contributed by atoms with E-state index in [-0.39, 0.29) is 18.5 Å². The number of aromatic nitrogens is 2. The molecule has 1 fully saturated rings. The lowest BCUT2D eigenvalue weighted by Crippen LogP contribution is -2.47. The maximum Gasteiger partial charge on any atom is 0.323 e. The van der Waals surface area contributed by atoms with Crippen LogP contribution in [0, 0.1) is 0 Å². The number of rotatable bonds is 6. The van der Waals surface area contributed by atoms with Crippen LogP contribution in [0.4, 0.5) is 0 Å². The number of carboxylic acid groups (broad SMARTS) is 1. The van der Waals surface area contributed by atoms with Gasteiger partial charge in [-0.05, 0) is 31.9 Å². The van der Waals surface area contributed by atoms with E-state index in [0.29, 0.717) is 13.1 Å². The van der Waals surface area contributed by atoms with Crippen LogP contribution in [0.15, 0.2) is 36.5 Å². The summed E-state index contributed by atoms with van der Waals surface area (Å²) in [6, 6.07) is 9.63. The van der Waals surface area contributed by atoms with E-state index in [1.165, 1.54) is 4.90 Å². The highest BCUT2D eigenvalue weighted by Gasteiger charge is 2.31. The van der Waals surface area contributed by atoms with Gasteiger partial charge in [0.2, 0.25) is 5.91 Å². The Balaban J connectivity index is 1.68. The summed E-state index contributed by atoms with van der Waals surface area (Å²) < 4.78 is 0. The molecule has 1 unspecified atom stereocenters. The van der Waals surface area contributed by atoms with Crippen molar-refractivity contribution >= 4 is 11.9 Å². The van der Waals surface area contributed by atoms with E-state index < -0.39 is 5.97 Å². The van der Waals surface area contributed by atoms with E-state index in [1.807, 2.05) is 42.3 Å². The molecule has 0 spiro atoms. The minimum atomic E-state index is -0.972. The van der Waals surface area contributed by atoms with Crippen LogP contribution in [0.2, 0.25) is 0 Å². The van der Waals surface area contributed by atoms with Crippen molar-refractivity contribution in [3.63, 3.8) is 0 Å². The molecule has 7 heteroatoms. The number of aromatic amines is 1. The molecule has 1 aliphatic heterocycles. The number of carboxylic acids is 1. The zero-order valence-corrected chi connectivity index (χ0v) is 14.9. The summed E-state index contributed by atoms with van der Waals surface area (Å²) in [5, 5.41) is 9.02. The van der Waals surface area contributed by atoms with Crippen molar-refractivity contribution < 1.29 is 14.7 Å². The van der Waals surface area contributed by atoms with E-state index in [1.54, 1.807) is 6.20 Å². The van der Waals surface area contributed by atoms with Crippen molar-refractivity contribution in [2.24, 2.45) is 0 Å². The summed E-state index contributed by atoms with van der Waals surface area (Å²) in [6.45, 7) is 0.778. The Morgan fingerprint density at radius 1 is 1.35 bits per heavy atom. The third-order valence-corrected chi connectivity index (χ3v) is 4.72. The maximum atomic E-state index is 12.7. The number of imidazole rings is 1. The van der Waals surface area contributed by atoms with Gasteiger partial charge in [0.15, 0.2) is 0 Å². The number of H-pyrrole nitrogens is 1. The lowest BCUT2D eigenvalue weighted by molar-refractivity contribution is -0.146. The first-order valence-corrected chi connectivity index (χ1v) is 8.84. The largest absolute Gasteiger partial charge is 0.480 e. The van der Waals surface area contributed by atoms with Crippen molar-refractivity contribution in [2.75, 3.05) is 20.1 Å². The van der Waals surface area contributed by atoms with Crippen molar-refractivity contribution in [3.8, 4) is 11.3 Å². The fourth-order valence-corrected chi connectivity index (χ4v) is 3.37. The van der Waals surface area contributed by atoms with Gasteiger partial charge >= 0.3 is 5.97 Å². The van der Waals surface area contributed by atoms with Gasteiger partial charge in [-0.3, -0.25) is 14.5 Å². The second-order valence-corrected chi connectivity index (χ2v) is 6.69. The predicted molar refractivity (Wildman–Crippen MR) is 97.3 cm³/mol. The summed E-state index contributed by atoms with van der Waals surface area (Å²) in [7, 11) is 1.89. The second-order valence-electron chi connectivity index (χ2n) is 6.69. The van der Waals surface area contributed by atoms with E-state index in [9.17, 15) is 9.59 Å². The van der Waals surface area contributed by atoms with Crippen molar-refractivity contribution in [3.05, 3.63) is 42.4 Å². The molecule has 1 atom stereocenters. The van der Waals surface area contributed by atoms with Crippen molar-refractivity contribution in [1.82, 2.24) is 19.8 Å². The van der Waals surface area contributed by atoms with Gasteiger partial charge in [0.1, 0.15) is 12.4 Å². The Morgan fingerprint density at radius 2 is 2.12 bits per heavy atom. The van der Waals surface area contributed by atoms with Gasteiger partial charge in [0.25, 0.3) is 0 Å². The molecule has 1 saturated heterocycles. The molecule has 2 heterocycles. The Hall–Kier alpha value is -2.67. The van der Waals surface area contributed by atoms with E-state index >= 15 is 0 Å². The molecular formula is C19H24N4O3. The highest BCUT2D eigenvalue weighted by molar-refractivity contribution is 5.85. The molecular weight excluding hydrogens is 332 g/mol. The fourth-order valence-electron chi connectivity index (χ4n) is 3.37. The first-order valence-electron chi connectivity index (χ1n) is 8.84.